The molecule has 0 atom stereocenters. The molecule has 0 amide bonds. The zero-order valence-corrected chi connectivity index (χ0v) is 12.6. The lowest BCUT2D eigenvalue weighted by atomic mass is 10.2. The third-order valence-electron chi connectivity index (χ3n) is 2.87. The predicted octanol–water partition coefficient (Wildman–Crippen LogP) is 3.63. The third-order valence-corrected chi connectivity index (χ3v) is 3.49. The van der Waals surface area contributed by atoms with E-state index in [-0.39, 0.29) is 18.9 Å². The van der Waals surface area contributed by atoms with Crippen LogP contribution in [0.2, 0.25) is 0 Å². The molecule has 20 heavy (non-hydrogen) atoms. The van der Waals surface area contributed by atoms with Crippen molar-refractivity contribution in [1.29, 1.82) is 0 Å². The minimum atomic E-state index is -0.402. The Morgan fingerprint density at radius 3 is 2.70 bits per heavy atom. The minimum Gasteiger partial charge on any atom is -0.496 e. The summed E-state index contributed by atoms with van der Waals surface area (Å²) >= 11 is 3.40. The van der Waals surface area contributed by atoms with Crippen molar-refractivity contribution in [3.8, 4) is 11.5 Å². The molecule has 2 N–H and O–H groups in total. The SMILES string of the molecule is COc1ccc(COc2c(F)cccc2CN)cc1Br. The molecule has 0 aliphatic carbocycles. The van der Waals surface area contributed by atoms with Crippen LogP contribution < -0.4 is 15.2 Å². The van der Waals surface area contributed by atoms with Gasteiger partial charge in [-0.1, -0.05) is 18.2 Å². The normalized spacial score (nSPS) is 10.4. The first-order chi connectivity index (χ1) is 9.65. The van der Waals surface area contributed by atoms with Crippen LogP contribution in [0.25, 0.3) is 0 Å². The molecule has 106 valence electrons. The van der Waals surface area contributed by atoms with Crippen LogP contribution in [-0.2, 0) is 13.2 Å². The molecular formula is C15H15BrFNO2. The van der Waals surface area contributed by atoms with E-state index in [0.29, 0.717) is 5.56 Å². The van der Waals surface area contributed by atoms with Crippen LogP contribution in [0, 0.1) is 5.82 Å². The van der Waals surface area contributed by atoms with Gasteiger partial charge >= 0.3 is 0 Å². The van der Waals surface area contributed by atoms with E-state index in [1.54, 1.807) is 19.2 Å². The zero-order valence-electron chi connectivity index (χ0n) is 11.0. The van der Waals surface area contributed by atoms with Gasteiger partial charge in [-0.25, -0.2) is 4.39 Å². The molecule has 0 unspecified atom stereocenters. The standard InChI is InChI=1S/C15H15BrFNO2/c1-19-14-6-5-10(7-12(14)16)9-20-15-11(8-18)3-2-4-13(15)17/h2-7H,8-9,18H2,1H3. The fraction of sp³-hybridized carbons (Fsp3) is 0.200. The van der Waals surface area contributed by atoms with Crippen molar-refractivity contribution in [2.24, 2.45) is 5.73 Å². The van der Waals surface area contributed by atoms with Crippen LogP contribution in [0.1, 0.15) is 11.1 Å². The van der Waals surface area contributed by atoms with Gasteiger partial charge in [-0.3, -0.25) is 0 Å². The van der Waals surface area contributed by atoms with Gasteiger partial charge in [0.2, 0.25) is 0 Å². The van der Waals surface area contributed by atoms with Gasteiger partial charge < -0.3 is 15.2 Å². The van der Waals surface area contributed by atoms with Crippen molar-refractivity contribution < 1.29 is 13.9 Å². The second-order valence-corrected chi connectivity index (χ2v) is 5.04. The Morgan fingerprint density at radius 1 is 1.25 bits per heavy atom. The van der Waals surface area contributed by atoms with Gasteiger partial charge in [0.15, 0.2) is 11.6 Å². The lowest BCUT2D eigenvalue weighted by molar-refractivity contribution is 0.286. The van der Waals surface area contributed by atoms with Crippen molar-refractivity contribution in [2.75, 3.05) is 7.11 Å². The van der Waals surface area contributed by atoms with E-state index in [1.807, 2.05) is 18.2 Å². The van der Waals surface area contributed by atoms with E-state index in [1.165, 1.54) is 6.07 Å². The molecule has 3 nitrogen and oxygen atoms in total. The van der Waals surface area contributed by atoms with Crippen molar-refractivity contribution in [2.45, 2.75) is 13.2 Å². The molecule has 0 fully saturated rings. The summed E-state index contributed by atoms with van der Waals surface area (Å²) in [5.74, 6) is 0.546. The van der Waals surface area contributed by atoms with Gasteiger partial charge in [-0.2, -0.15) is 0 Å². The summed E-state index contributed by atoms with van der Waals surface area (Å²) in [4.78, 5) is 0. The topological polar surface area (TPSA) is 44.5 Å². The second-order valence-electron chi connectivity index (χ2n) is 4.19. The van der Waals surface area contributed by atoms with Crippen LogP contribution in [0.5, 0.6) is 11.5 Å². The summed E-state index contributed by atoms with van der Waals surface area (Å²) < 4.78 is 25.3. The van der Waals surface area contributed by atoms with E-state index in [9.17, 15) is 4.39 Å². The highest BCUT2D eigenvalue weighted by molar-refractivity contribution is 9.10. The molecule has 5 heteroatoms. The number of halogens is 2. The molecule has 0 saturated carbocycles. The van der Waals surface area contributed by atoms with Crippen LogP contribution >= 0.6 is 15.9 Å². The zero-order chi connectivity index (χ0) is 14.5. The van der Waals surface area contributed by atoms with Crippen LogP contribution in [0.3, 0.4) is 0 Å². The number of ether oxygens (including phenoxy) is 2. The molecule has 0 heterocycles. The lowest BCUT2D eigenvalue weighted by Gasteiger charge is -2.12. The smallest absolute Gasteiger partial charge is 0.165 e. The first-order valence-electron chi connectivity index (χ1n) is 6.08. The molecule has 0 radical (unpaired) electrons. The molecular weight excluding hydrogens is 325 g/mol. The molecule has 0 saturated heterocycles. The van der Waals surface area contributed by atoms with Gasteiger partial charge in [-0.15, -0.1) is 0 Å². The fourth-order valence-corrected chi connectivity index (χ4v) is 2.42. The first kappa shape index (κ1) is 14.8. The Bertz CT molecular complexity index is 604. The van der Waals surface area contributed by atoms with Gasteiger partial charge in [0.25, 0.3) is 0 Å². The maximum Gasteiger partial charge on any atom is 0.165 e. The summed E-state index contributed by atoms with van der Waals surface area (Å²) in [6.45, 7) is 0.496. The number of rotatable bonds is 5. The molecule has 0 aliphatic heterocycles. The molecule has 0 aliphatic rings. The highest BCUT2D eigenvalue weighted by Gasteiger charge is 2.09. The maximum atomic E-state index is 13.7. The second kappa shape index (κ2) is 6.72. The van der Waals surface area contributed by atoms with E-state index >= 15 is 0 Å². The Balaban J connectivity index is 2.15. The first-order valence-corrected chi connectivity index (χ1v) is 6.87. The van der Waals surface area contributed by atoms with E-state index in [4.69, 9.17) is 15.2 Å². The number of nitrogens with two attached hydrogens (primary N) is 1. The highest BCUT2D eigenvalue weighted by Crippen LogP contribution is 2.27. The molecule has 0 aromatic heterocycles. The monoisotopic (exact) mass is 339 g/mol. The van der Waals surface area contributed by atoms with Crippen molar-refractivity contribution in [3.05, 3.63) is 57.8 Å². The number of hydrogen-bond acceptors (Lipinski definition) is 3. The van der Waals surface area contributed by atoms with E-state index in [2.05, 4.69) is 15.9 Å². The predicted molar refractivity (Wildman–Crippen MR) is 79.3 cm³/mol. The average Bonchev–Trinajstić information content (AvgIpc) is 2.46. The van der Waals surface area contributed by atoms with Gasteiger partial charge in [0.1, 0.15) is 12.4 Å². The van der Waals surface area contributed by atoms with E-state index < -0.39 is 5.82 Å². The summed E-state index contributed by atoms with van der Waals surface area (Å²) in [6, 6.07) is 10.3. The highest BCUT2D eigenvalue weighted by atomic mass is 79.9. The Labute approximate surface area is 125 Å². The summed E-state index contributed by atoms with van der Waals surface area (Å²) in [7, 11) is 1.60. The number of hydrogen-bond donors (Lipinski definition) is 1. The summed E-state index contributed by atoms with van der Waals surface area (Å²) in [5, 5.41) is 0. The van der Waals surface area contributed by atoms with E-state index in [0.717, 1.165) is 15.8 Å². The number of benzene rings is 2. The van der Waals surface area contributed by atoms with Gasteiger partial charge in [0.05, 0.1) is 11.6 Å². The van der Waals surface area contributed by atoms with Gasteiger partial charge in [0, 0.05) is 12.1 Å². The van der Waals surface area contributed by atoms with Crippen LogP contribution in [0.15, 0.2) is 40.9 Å². The lowest BCUT2D eigenvalue weighted by Crippen LogP contribution is -2.04. The fourth-order valence-electron chi connectivity index (χ4n) is 1.83. The van der Waals surface area contributed by atoms with Crippen molar-refractivity contribution >= 4 is 15.9 Å². The van der Waals surface area contributed by atoms with Crippen LogP contribution in [-0.4, -0.2) is 7.11 Å². The summed E-state index contributed by atoms with van der Waals surface area (Å²) in [6.07, 6.45) is 0. The molecule has 0 bridgehead atoms. The molecule has 2 rings (SSSR count). The maximum absolute atomic E-state index is 13.7. The molecule has 0 spiro atoms. The Hall–Kier alpha value is -1.59. The molecule has 2 aromatic carbocycles. The largest absolute Gasteiger partial charge is 0.496 e. The number of methoxy groups -OCH3 is 1. The van der Waals surface area contributed by atoms with Crippen molar-refractivity contribution in [3.63, 3.8) is 0 Å². The summed E-state index contributed by atoms with van der Waals surface area (Å²) in [5.41, 5.74) is 7.14. The van der Waals surface area contributed by atoms with Crippen LogP contribution in [0.4, 0.5) is 4.39 Å². The van der Waals surface area contributed by atoms with Gasteiger partial charge in [-0.05, 0) is 39.7 Å². The Morgan fingerprint density at radius 2 is 2.05 bits per heavy atom. The minimum absolute atomic E-state index is 0.210. The molecule has 2 aromatic rings. The number of para-hydroxylation sites is 1. The third kappa shape index (κ3) is 3.29. The quantitative estimate of drug-likeness (QED) is 0.904. The average molecular weight is 340 g/mol. The Kier molecular flexibility index (Phi) is 4.98. The van der Waals surface area contributed by atoms with Crippen molar-refractivity contribution in [1.82, 2.24) is 0 Å².